The second kappa shape index (κ2) is 8.06. The molecule has 2 aromatic carbocycles. The molecule has 24 heavy (non-hydrogen) atoms. The van der Waals surface area contributed by atoms with Crippen LogP contribution in [0.4, 0.5) is 10.1 Å². The number of anilines is 1. The number of amides is 2. The number of rotatable bonds is 5. The molecule has 2 amide bonds. The summed E-state index contributed by atoms with van der Waals surface area (Å²) in [6, 6.07) is 11.6. The minimum atomic E-state index is -0.420. The maximum Gasteiger partial charge on any atom is 0.244 e. The first-order chi connectivity index (χ1) is 11.5. The van der Waals surface area contributed by atoms with Gasteiger partial charge in [-0.2, -0.15) is 0 Å². The number of benzene rings is 2. The van der Waals surface area contributed by atoms with E-state index >= 15 is 0 Å². The monoisotopic (exact) mass is 326 g/mol. The van der Waals surface area contributed by atoms with Crippen LogP contribution in [0.5, 0.6) is 0 Å². The molecule has 0 atom stereocenters. The van der Waals surface area contributed by atoms with Crippen molar-refractivity contribution in [1.82, 2.24) is 5.32 Å². The summed E-state index contributed by atoms with van der Waals surface area (Å²) in [5, 5.41) is 5.28. The van der Waals surface area contributed by atoms with Gasteiger partial charge in [0.2, 0.25) is 11.8 Å². The van der Waals surface area contributed by atoms with E-state index in [1.54, 1.807) is 12.1 Å². The summed E-state index contributed by atoms with van der Waals surface area (Å²) in [6.45, 7) is 3.67. The summed E-state index contributed by atoms with van der Waals surface area (Å²) >= 11 is 0. The molecule has 0 aliphatic rings. The number of carbonyl (C=O) groups excluding carboxylic acids is 2. The van der Waals surface area contributed by atoms with Crippen LogP contribution < -0.4 is 10.6 Å². The Morgan fingerprint density at radius 1 is 1.08 bits per heavy atom. The van der Waals surface area contributed by atoms with Crippen molar-refractivity contribution >= 4 is 23.6 Å². The molecular formula is C19H19FN2O2. The number of para-hydroxylation sites is 1. The smallest absolute Gasteiger partial charge is 0.244 e. The summed E-state index contributed by atoms with van der Waals surface area (Å²) in [5.74, 6) is -1.10. The van der Waals surface area contributed by atoms with Gasteiger partial charge in [-0.25, -0.2) is 4.39 Å². The molecule has 0 radical (unpaired) electrons. The van der Waals surface area contributed by atoms with Gasteiger partial charge in [-0.1, -0.05) is 30.3 Å². The molecule has 0 aliphatic heterocycles. The van der Waals surface area contributed by atoms with Gasteiger partial charge in [0, 0.05) is 11.8 Å². The van der Waals surface area contributed by atoms with Crippen LogP contribution >= 0.6 is 0 Å². The molecule has 124 valence electrons. The Morgan fingerprint density at radius 3 is 2.42 bits per heavy atom. The Labute approximate surface area is 140 Å². The van der Waals surface area contributed by atoms with Crippen LogP contribution in [-0.4, -0.2) is 18.4 Å². The van der Waals surface area contributed by atoms with E-state index in [0.717, 1.165) is 16.8 Å². The summed E-state index contributed by atoms with van der Waals surface area (Å²) in [4.78, 5) is 23.7. The summed E-state index contributed by atoms with van der Waals surface area (Å²) in [7, 11) is 0. The van der Waals surface area contributed by atoms with Gasteiger partial charge in [-0.05, 0) is 48.7 Å². The van der Waals surface area contributed by atoms with Crippen LogP contribution in [0.25, 0.3) is 6.08 Å². The van der Waals surface area contributed by atoms with Crippen molar-refractivity contribution in [3.05, 3.63) is 71.0 Å². The second-order valence-electron chi connectivity index (χ2n) is 5.42. The van der Waals surface area contributed by atoms with Gasteiger partial charge >= 0.3 is 0 Å². The van der Waals surface area contributed by atoms with Crippen LogP contribution in [0.1, 0.15) is 16.7 Å². The Hall–Kier alpha value is -2.95. The highest BCUT2D eigenvalue weighted by molar-refractivity contribution is 5.98. The molecule has 0 aliphatic carbocycles. The summed E-state index contributed by atoms with van der Waals surface area (Å²) in [6.07, 6.45) is 2.75. The van der Waals surface area contributed by atoms with Crippen LogP contribution in [0, 0.1) is 19.7 Å². The topological polar surface area (TPSA) is 58.2 Å². The van der Waals surface area contributed by atoms with Crippen molar-refractivity contribution in [2.24, 2.45) is 0 Å². The molecule has 0 unspecified atom stereocenters. The number of carbonyl (C=O) groups is 2. The molecule has 0 saturated heterocycles. The molecule has 0 bridgehead atoms. The summed E-state index contributed by atoms with van der Waals surface area (Å²) < 4.78 is 13.0. The van der Waals surface area contributed by atoms with Crippen molar-refractivity contribution in [3.63, 3.8) is 0 Å². The number of hydrogen-bond donors (Lipinski definition) is 2. The number of aryl methyl sites for hydroxylation is 2. The Kier molecular flexibility index (Phi) is 5.84. The van der Waals surface area contributed by atoms with E-state index in [-0.39, 0.29) is 18.3 Å². The first kappa shape index (κ1) is 17.4. The van der Waals surface area contributed by atoms with E-state index in [4.69, 9.17) is 0 Å². The van der Waals surface area contributed by atoms with E-state index in [0.29, 0.717) is 5.56 Å². The number of halogens is 1. The maximum absolute atomic E-state index is 13.0. The van der Waals surface area contributed by atoms with Crippen molar-refractivity contribution in [2.75, 3.05) is 11.9 Å². The molecule has 2 aromatic rings. The molecule has 2 rings (SSSR count). The fourth-order valence-electron chi connectivity index (χ4n) is 2.20. The molecular weight excluding hydrogens is 307 g/mol. The minimum absolute atomic E-state index is 0.139. The minimum Gasteiger partial charge on any atom is -0.343 e. The van der Waals surface area contributed by atoms with E-state index in [1.807, 2.05) is 32.0 Å². The quantitative estimate of drug-likeness (QED) is 0.829. The van der Waals surface area contributed by atoms with Crippen molar-refractivity contribution in [1.29, 1.82) is 0 Å². The molecule has 0 fully saturated rings. The predicted molar refractivity (Wildman–Crippen MR) is 93.0 cm³/mol. The highest BCUT2D eigenvalue weighted by Crippen LogP contribution is 2.18. The third kappa shape index (κ3) is 5.05. The van der Waals surface area contributed by atoms with Crippen LogP contribution in [0.2, 0.25) is 0 Å². The largest absolute Gasteiger partial charge is 0.343 e. The highest BCUT2D eigenvalue weighted by Gasteiger charge is 2.07. The van der Waals surface area contributed by atoms with Crippen LogP contribution in [0.15, 0.2) is 48.5 Å². The predicted octanol–water partition coefficient (Wildman–Crippen LogP) is 3.21. The lowest BCUT2D eigenvalue weighted by molar-refractivity contribution is -0.121. The van der Waals surface area contributed by atoms with Crippen LogP contribution in [-0.2, 0) is 9.59 Å². The molecule has 4 nitrogen and oxygen atoms in total. The SMILES string of the molecule is Cc1cccc(C)c1NC(=O)CNC(=O)/C=C/c1cccc(F)c1. The molecule has 0 spiro atoms. The number of nitrogens with one attached hydrogen (secondary N) is 2. The van der Waals surface area contributed by atoms with E-state index in [9.17, 15) is 14.0 Å². The standard InChI is InChI=1S/C19H19FN2O2/c1-13-5-3-6-14(2)19(13)22-18(24)12-21-17(23)10-9-15-7-4-8-16(20)11-15/h3-11H,12H2,1-2H3,(H,21,23)(H,22,24)/b10-9+. The fraction of sp³-hybridized carbons (Fsp3) is 0.158. The molecule has 0 saturated carbocycles. The van der Waals surface area contributed by atoms with Gasteiger partial charge in [-0.15, -0.1) is 0 Å². The zero-order valence-electron chi connectivity index (χ0n) is 13.6. The van der Waals surface area contributed by atoms with Gasteiger partial charge in [0.15, 0.2) is 0 Å². The average molecular weight is 326 g/mol. The highest BCUT2D eigenvalue weighted by atomic mass is 19.1. The lowest BCUT2D eigenvalue weighted by Crippen LogP contribution is -2.32. The average Bonchev–Trinajstić information content (AvgIpc) is 2.54. The van der Waals surface area contributed by atoms with Gasteiger partial charge in [-0.3, -0.25) is 9.59 Å². The maximum atomic E-state index is 13.0. The zero-order chi connectivity index (χ0) is 17.5. The first-order valence-electron chi connectivity index (χ1n) is 7.53. The van der Waals surface area contributed by atoms with Crippen LogP contribution in [0.3, 0.4) is 0 Å². The van der Waals surface area contributed by atoms with Gasteiger partial charge in [0.25, 0.3) is 0 Å². The van der Waals surface area contributed by atoms with Gasteiger partial charge in [0.1, 0.15) is 5.82 Å². The van der Waals surface area contributed by atoms with Crippen molar-refractivity contribution in [3.8, 4) is 0 Å². The third-order valence-corrected chi connectivity index (χ3v) is 3.44. The van der Waals surface area contributed by atoms with E-state index < -0.39 is 5.91 Å². The van der Waals surface area contributed by atoms with Gasteiger partial charge < -0.3 is 10.6 Å². The molecule has 5 heteroatoms. The molecule has 2 N–H and O–H groups in total. The van der Waals surface area contributed by atoms with E-state index in [2.05, 4.69) is 10.6 Å². The first-order valence-corrected chi connectivity index (χ1v) is 7.53. The Balaban J connectivity index is 1.86. The zero-order valence-corrected chi connectivity index (χ0v) is 13.6. The fourth-order valence-corrected chi connectivity index (χ4v) is 2.20. The summed E-state index contributed by atoms with van der Waals surface area (Å²) in [5.41, 5.74) is 3.25. The normalized spacial score (nSPS) is 10.6. The van der Waals surface area contributed by atoms with E-state index in [1.165, 1.54) is 24.3 Å². The molecule has 0 heterocycles. The van der Waals surface area contributed by atoms with Crippen molar-refractivity contribution < 1.29 is 14.0 Å². The van der Waals surface area contributed by atoms with Gasteiger partial charge in [0.05, 0.1) is 6.54 Å². The molecule has 0 aromatic heterocycles. The number of hydrogen-bond acceptors (Lipinski definition) is 2. The lowest BCUT2D eigenvalue weighted by atomic mass is 10.1. The van der Waals surface area contributed by atoms with Crippen molar-refractivity contribution in [2.45, 2.75) is 13.8 Å². The third-order valence-electron chi connectivity index (χ3n) is 3.44. The second-order valence-corrected chi connectivity index (χ2v) is 5.42. The lowest BCUT2D eigenvalue weighted by Gasteiger charge is -2.11. The Bertz CT molecular complexity index is 764. The Morgan fingerprint density at radius 2 is 1.75 bits per heavy atom.